The van der Waals surface area contributed by atoms with Crippen molar-refractivity contribution in [3.05, 3.63) is 68.6 Å². The molecule has 2 aliphatic rings. The first-order valence-electron chi connectivity index (χ1n) is 9.09. The summed E-state index contributed by atoms with van der Waals surface area (Å²) in [5, 5.41) is 0.736. The zero-order valence-corrected chi connectivity index (χ0v) is 15.7. The van der Waals surface area contributed by atoms with Crippen LogP contribution in [0.5, 0.6) is 5.75 Å². The minimum atomic E-state index is 0.0757. The Morgan fingerprint density at radius 3 is 2.77 bits per heavy atom. The molecule has 2 aliphatic heterocycles. The molecule has 0 spiro atoms. The normalized spacial score (nSPS) is 18.2. The number of likely N-dealkylation sites (tertiary alicyclic amines) is 1. The number of fused-ring (bicyclic) bond motifs is 1. The molecule has 2 aromatic rings. The maximum Gasteiger partial charge on any atom is 0.250 e. The number of hydrogen-bond acceptors (Lipinski definition) is 3. The molecule has 0 saturated carbocycles. The van der Waals surface area contributed by atoms with Crippen LogP contribution in [0.4, 0.5) is 0 Å². The van der Waals surface area contributed by atoms with E-state index in [-0.39, 0.29) is 5.56 Å². The number of pyridine rings is 1. The Balaban J connectivity index is 1.38. The minimum absolute atomic E-state index is 0.0757. The van der Waals surface area contributed by atoms with Gasteiger partial charge in [-0.3, -0.25) is 9.69 Å². The summed E-state index contributed by atoms with van der Waals surface area (Å²) in [7, 11) is 1.79. The number of ether oxygens (including phenoxy) is 1. The van der Waals surface area contributed by atoms with E-state index in [2.05, 4.69) is 17.0 Å². The maximum atomic E-state index is 11.9. The quantitative estimate of drug-likeness (QED) is 0.826. The van der Waals surface area contributed by atoms with Crippen LogP contribution in [0.3, 0.4) is 0 Å². The van der Waals surface area contributed by atoms with E-state index in [4.69, 9.17) is 16.3 Å². The molecule has 0 bridgehead atoms. The van der Waals surface area contributed by atoms with Gasteiger partial charge in [0.15, 0.2) is 0 Å². The molecule has 1 aromatic heterocycles. The van der Waals surface area contributed by atoms with Crippen LogP contribution in [0.15, 0.2) is 46.9 Å². The first kappa shape index (κ1) is 17.4. The molecular formula is C21H23ClN2O2. The monoisotopic (exact) mass is 370 g/mol. The first-order valence-corrected chi connectivity index (χ1v) is 9.47. The van der Waals surface area contributed by atoms with Crippen LogP contribution in [0.25, 0.3) is 6.08 Å². The SMILES string of the molecule is Cn1ccc(C2CCN(CC3=Cc4cc(Cl)ccc4OC3)CC2)cc1=O. The molecule has 3 heterocycles. The highest BCUT2D eigenvalue weighted by atomic mass is 35.5. The molecule has 1 fully saturated rings. The van der Waals surface area contributed by atoms with Gasteiger partial charge in [0.1, 0.15) is 12.4 Å². The molecular weight excluding hydrogens is 348 g/mol. The van der Waals surface area contributed by atoms with Crippen LogP contribution < -0.4 is 10.3 Å². The summed E-state index contributed by atoms with van der Waals surface area (Å²) in [5.41, 5.74) is 3.60. The van der Waals surface area contributed by atoms with Gasteiger partial charge >= 0.3 is 0 Å². The Labute approximate surface area is 158 Å². The van der Waals surface area contributed by atoms with Crippen LogP contribution in [0.1, 0.15) is 29.9 Å². The zero-order chi connectivity index (χ0) is 18.1. The fraction of sp³-hybridized carbons (Fsp3) is 0.381. The predicted molar refractivity (Wildman–Crippen MR) is 105 cm³/mol. The smallest absolute Gasteiger partial charge is 0.250 e. The molecule has 4 rings (SSSR count). The topological polar surface area (TPSA) is 34.5 Å². The van der Waals surface area contributed by atoms with Gasteiger partial charge < -0.3 is 9.30 Å². The highest BCUT2D eigenvalue weighted by Crippen LogP contribution is 2.31. The highest BCUT2D eigenvalue weighted by Gasteiger charge is 2.22. The van der Waals surface area contributed by atoms with Crippen molar-refractivity contribution in [2.45, 2.75) is 18.8 Å². The largest absolute Gasteiger partial charge is 0.489 e. The summed E-state index contributed by atoms with van der Waals surface area (Å²) >= 11 is 6.09. The van der Waals surface area contributed by atoms with Crippen LogP contribution in [0, 0.1) is 0 Å². The van der Waals surface area contributed by atoms with Gasteiger partial charge in [-0.2, -0.15) is 0 Å². The van der Waals surface area contributed by atoms with Gasteiger partial charge in [0.25, 0.3) is 5.56 Å². The van der Waals surface area contributed by atoms with Crippen LogP contribution in [-0.4, -0.2) is 35.7 Å². The molecule has 5 heteroatoms. The summed E-state index contributed by atoms with van der Waals surface area (Å²) in [5.74, 6) is 1.39. The third-order valence-corrected chi connectivity index (χ3v) is 5.59. The first-order chi connectivity index (χ1) is 12.6. The second kappa shape index (κ2) is 7.29. The van der Waals surface area contributed by atoms with Crippen molar-refractivity contribution in [3.63, 3.8) is 0 Å². The maximum absolute atomic E-state index is 11.9. The van der Waals surface area contributed by atoms with Crippen LogP contribution >= 0.6 is 11.6 Å². The summed E-state index contributed by atoms with van der Waals surface area (Å²) in [6.45, 7) is 3.65. The summed E-state index contributed by atoms with van der Waals surface area (Å²) in [6.07, 6.45) is 6.25. The average Bonchev–Trinajstić information content (AvgIpc) is 2.64. The molecule has 1 saturated heterocycles. The average molecular weight is 371 g/mol. The third-order valence-electron chi connectivity index (χ3n) is 5.36. The molecule has 0 unspecified atom stereocenters. The second-order valence-corrected chi connectivity index (χ2v) is 7.67. The van der Waals surface area contributed by atoms with Gasteiger partial charge in [-0.25, -0.2) is 0 Å². The van der Waals surface area contributed by atoms with Crippen molar-refractivity contribution in [2.75, 3.05) is 26.2 Å². The van der Waals surface area contributed by atoms with Crippen molar-refractivity contribution in [2.24, 2.45) is 7.05 Å². The Kier molecular flexibility index (Phi) is 4.88. The van der Waals surface area contributed by atoms with Gasteiger partial charge in [0.2, 0.25) is 0 Å². The van der Waals surface area contributed by atoms with Crippen molar-refractivity contribution >= 4 is 17.7 Å². The second-order valence-electron chi connectivity index (χ2n) is 7.23. The Morgan fingerprint density at radius 2 is 2.00 bits per heavy atom. The van der Waals surface area contributed by atoms with E-state index in [9.17, 15) is 4.79 Å². The molecule has 26 heavy (non-hydrogen) atoms. The highest BCUT2D eigenvalue weighted by molar-refractivity contribution is 6.30. The number of aryl methyl sites for hydroxylation is 1. The molecule has 0 amide bonds. The lowest BCUT2D eigenvalue weighted by Crippen LogP contribution is -2.35. The predicted octanol–water partition coefficient (Wildman–Crippen LogP) is 3.69. The molecule has 0 radical (unpaired) electrons. The van der Waals surface area contributed by atoms with Crippen molar-refractivity contribution in [1.82, 2.24) is 9.47 Å². The number of nitrogens with zero attached hydrogens (tertiary/aromatic N) is 2. The van der Waals surface area contributed by atoms with Gasteiger partial charge in [-0.05, 0) is 73.3 Å². The number of aromatic nitrogens is 1. The zero-order valence-electron chi connectivity index (χ0n) is 15.0. The van der Waals surface area contributed by atoms with E-state index in [1.54, 1.807) is 17.7 Å². The number of halogens is 1. The van der Waals surface area contributed by atoms with Crippen molar-refractivity contribution in [3.8, 4) is 5.75 Å². The molecule has 136 valence electrons. The fourth-order valence-electron chi connectivity index (χ4n) is 3.82. The number of benzene rings is 1. The van der Waals surface area contributed by atoms with E-state index in [1.807, 2.05) is 24.4 Å². The number of piperidine rings is 1. The fourth-order valence-corrected chi connectivity index (χ4v) is 4.00. The van der Waals surface area contributed by atoms with Crippen molar-refractivity contribution < 1.29 is 4.74 Å². The summed E-state index contributed by atoms with van der Waals surface area (Å²) < 4.78 is 7.48. The van der Waals surface area contributed by atoms with E-state index in [1.165, 1.54) is 11.1 Å². The van der Waals surface area contributed by atoms with Gasteiger partial charge in [0.05, 0.1) is 0 Å². The third kappa shape index (κ3) is 3.71. The van der Waals surface area contributed by atoms with E-state index in [0.29, 0.717) is 12.5 Å². The van der Waals surface area contributed by atoms with Crippen molar-refractivity contribution in [1.29, 1.82) is 0 Å². The van der Waals surface area contributed by atoms with Gasteiger partial charge in [-0.15, -0.1) is 0 Å². The molecule has 0 atom stereocenters. The molecule has 1 aromatic carbocycles. The van der Waals surface area contributed by atoms with E-state index >= 15 is 0 Å². The number of rotatable bonds is 3. The minimum Gasteiger partial charge on any atom is -0.489 e. The van der Waals surface area contributed by atoms with Gasteiger partial charge in [-0.1, -0.05) is 11.6 Å². The lowest BCUT2D eigenvalue weighted by atomic mass is 9.90. The molecule has 4 nitrogen and oxygen atoms in total. The van der Waals surface area contributed by atoms with Crippen LogP contribution in [-0.2, 0) is 7.05 Å². The lowest BCUT2D eigenvalue weighted by molar-refractivity contribution is 0.219. The molecule has 0 aliphatic carbocycles. The summed E-state index contributed by atoms with van der Waals surface area (Å²) in [6, 6.07) is 9.62. The lowest BCUT2D eigenvalue weighted by Gasteiger charge is -2.33. The Morgan fingerprint density at radius 1 is 1.19 bits per heavy atom. The van der Waals surface area contributed by atoms with E-state index < -0.39 is 0 Å². The number of hydrogen-bond donors (Lipinski definition) is 0. The standard InChI is InChI=1S/C21H23ClN2O2/c1-23-7-4-17(12-21(23)25)16-5-8-24(9-6-16)13-15-10-18-11-19(22)2-3-20(18)26-14-15/h2-4,7,10-12,16H,5-6,8-9,13-14H2,1H3. The Hall–Kier alpha value is -2.04. The van der Waals surface area contributed by atoms with Crippen LogP contribution in [0.2, 0.25) is 5.02 Å². The Bertz CT molecular complexity index is 895. The summed E-state index contributed by atoms with van der Waals surface area (Å²) in [4.78, 5) is 14.3. The van der Waals surface area contributed by atoms with Gasteiger partial charge in [0, 0.05) is 36.4 Å². The van der Waals surface area contributed by atoms with E-state index in [0.717, 1.165) is 48.8 Å². The molecule has 0 N–H and O–H groups in total.